The number of carbonyl (C=O) groups is 5. The average molecular weight is 687 g/mol. The lowest BCUT2D eigenvalue weighted by atomic mass is 10.1. The summed E-state index contributed by atoms with van der Waals surface area (Å²) >= 11 is 4.70. The molecule has 5 amide bonds. The molecular weight excluding hydrogens is 650 g/mol. The van der Waals surface area contributed by atoms with Crippen LogP contribution in [-0.4, -0.2) is 67.3 Å². The molecule has 3 rings (SSSR count). The number of benzene rings is 2. The second-order valence-electron chi connectivity index (χ2n) is 9.87. The van der Waals surface area contributed by atoms with Gasteiger partial charge in [0.05, 0.1) is 31.6 Å². The number of alkyl halides is 1. The van der Waals surface area contributed by atoms with E-state index in [1.807, 2.05) is 42.5 Å². The second kappa shape index (κ2) is 18.6. The molecule has 44 heavy (non-hydrogen) atoms. The average Bonchev–Trinajstić information content (AvgIpc) is 3.44. The van der Waals surface area contributed by atoms with E-state index in [0.29, 0.717) is 6.61 Å². The molecule has 0 spiro atoms. The smallest absolute Gasteiger partial charge is 0.243 e. The minimum Gasteiger partial charge on any atom is -0.357 e. The summed E-state index contributed by atoms with van der Waals surface area (Å²) in [6.07, 6.45) is 1.01. The Morgan fingerprint density at radius 2 is 1.41 bits per heavy atom. The number of hydrogen-bond acceptors (Lipinski definition) is 7. The highest BCUT2D eigenvalue weighted by Gasteiger charge is 2.22. The van der Waals surface area contributed by atoms with Gasteiger partial charge in [-0.05, 0) is 47.0 Å². The third-order valence-electron chi connectivity index (χ3n) is 6.20. The maximum Gasteiger partial charge on any atom is 0.243 e. The number of halogens is 1. The highest BCUT2D eigenvalue weighted by Crippen LogP contribution is 2.18. The molecule has 0 radical (unpaired) electrons. The Morgan fingerprint density at radius 1 is 0.750 bits per heavy atom. The maximum absolute atomic E-state index is 12.9. The van der Waals surface area contributed by atoms with Crippen LogP contribution in [0, 0.1) is 6.92 Å². The fraction of sp³-hybridized carbons (Fsp3) is 0.323. The van der Waals surface area contributed by atoms with Crippen LogP contribution >= 0.6 is 27.3 Å². The van der Waals surface area contributed by atoms with Gasteiger partial charge >= 0.3 is 0 Å². The molecule has 234 valence electrons. The predicted octanol–water partition coefficient (Wildman–Crippen LogP) is 1.71. The standard InChI is InChI=1S/C31H36BrN5O6S/c1-21-10-25(19-44-21)12-23-8-5-9-24(11-23)18-43-20-36-29(40)16-35-31(42)26(13-22-6-3-2-4-7-22)37-30(41)17-34-28(39)15-33-27(38)14-32/h2-11,19,26H,12-18,20H2,1H3,(H,33,38)(H,34,39)(H,35,42)(H,36,40)(H,37,41)/t26-/m0/s1. The first kappa shape index (κ1) is 34.4. The SMILES string of the molecule is Cc1cc(Cc2cccc(COCNC(=O)CNC(=O)[C@H](Cc3ccccc3)NC(=O)CNC(=O)CNC(=O)CBr)c2)cs1. The fourth-order valence-corrected chi connectivity index (χ4v) is 4.99. The number of hydrogen-bond donors (Lipinski definition) is 5. The fourth-order valence-electron chi connectivity index (χ4n) is 4.08. The number of amides is 5. The van der Waals surface area contributed by atoms with Gasteiger partial charge in [0.1, 0.15) is 12.8 Å². The lowest BCUT2D eigenvalue weighted by Gasteiger charge is -2.19. The maximum atomic E-state index is 12.9. The van der Waals surface area contributed by atoms with Gasteiger partial charge in [0, 0.05) is 11.3 Å². The Balaban J connectivity index is 1.42. The van der Waals surface area contributed by atoms with E-state index in [4.69, 9.17) is 4.74 Å². The molecule has 3 aromatic rings. The quantitative estimate of drug-likeness (QED) is 0.0828. The number of rotatable bonds is 17. The topological polar surface area (TPSA) is 155 Å². The largest absolute Gasteiger partial charge is 0.357 e. The van der Waals surface area contributed by atoms with Crippen LogP contribution in [0.2, 0.25) is 0 Å². The second-order valence-corrected chi connectivity index (χ2v) is 11.5. The lowest BCUT2D eigenvalue weighted by molar-refractivity contribution is -0.131. The summed E-state index contributed by atoms with van der Waals surface area (Å²) in [5.41, 5.74) is 4.22. The van der Waals surface area contributed by atoms with Gasteiger partial charge in [-0.1, -0.05) is 70.5 Å². The molecule has 2 aromatic carbocycles. The Labute approximate surface area is 268 Å². The van der Waals surface area contributed by atoms with E-state index < -0.39 is 36.2 Å². The first-order chi connectivity index (χ1) is 21.2. The molecule has 0 aliphatic carbocycles. The van der Waals surface area contributed by atoms with Crippen LogP contribution in [0.5, 0.6) is 0 Å². The molecule has 1 aromatic heterocycles. The van der Waals surface area contributed by atoms with Crippen molar-refractivity contribution in [2.75, 3.05) is 31.7 Å². The lowest BCUT2D eigenvalue weighted by Crippen LogP contribution is -2.52. The summed E-state index contributed by atoms with van der Waals surface area (Å²) in [4.78, 5) is 62.2. The third kappa shape index (κ3) is 13.1. The van der Waals surface area contributed by atoms with Crippen molar-refractivity contribution >= 4 is 56.8 Å². The summed E-state index contributed by atoms with van der Waals surface area (Å²) in [5.74, 6) is -2.55. The first-order valence-corrected chi connectivity index (χ1v) is 15.9. The van der Waals surface area contributed by atoms with Crippen molar-refractivity contribution in [3.63, 3.8) is 0 Å². The summed E-state index contributed by atoms with van der Waals surface area (Å²) < 4.78 is 5.61. The monoisotopic (exact) mass is 685 g/mol. The molecule has 1 heterocycles. The van der Waals surface area contributed by atoms with Crippen LogP contribution < -0.4 is 26.6 Å². The molecule has 0 bridgehead atoms. The van der Waals surface area contributed by atoms with Crippen molar-refractivity contribution in [1.29, 1.82) is 0 Å². The normalized spacial score (nSPS) is 11.2. The van der Waals surface area contributed by atoms with Crippen LogP contribution in [0.25, 0.3) is 0 Å². The van der Waals surface area contributed by atoms with E-state index in [0.717, 1.165) is 17.5 Å². The van der Waals surface area contributed by atoms with Crippen molar-refractivity contribution in [1.82, 2.24) is 26.6 Å². The minimum absolute atomic E-state index is 0.0391. The number of aryl methyl sites for hydroxylation is 1. The number of thiophene rings is 1. The minimum atomic E-state index is -0.996. The molecule has 0 aliphatic heterocycles. The Morgan fingerprint density at radius 3 is 2.14 bits per heavy atom. The van der Waals surface area contributed by atoms with E-state index in [1.165, 1.54) is 16.0 Å². The molecule has 11 nitrogen and oxygen atoms in total. The molecule has 0 fully saturated rings. The van der Waals surface area contributed by atoms with Gasteiger partial charge < -0.3 is 31.3 Å². The van der Waals surface area contributed by atoms with E-state index in [2.05, 4.69) is 73.0 Å². The van der Waals surface area contributed by atoms with E-state index in [-0.39, 0.29) is 37.5 Å². The van der Waals surface area contributed by atoms with Crippen LogP contribution in [-0.2, 0) is 48.2 Å². The highest BCUT2D eigenvalue weighted by atomic mass is 79.9. The van der Waals surface area contributed by atoms with Gasteiger partial charge in [-0.2, -0.15) is 0 Å². The summed E-state index contributed by atoms with van der Waals surface area (Å²) in [6.45, 7) is 1.36. The Hall–Kier alpha value is -4.07. The van der Waals surface area contributed by atoms with Crippen molar-refractivity contribution in [2.45, 2.75) is 32.4 Å². The summed E-state index contributed by atoms with van der Waals surface area (Å²) in [7, 11) is 0. The van der Waals surface area contributed by atoms with Crippen molar-refractivity contribution in [3.8, 4) is 0 Å². The van der Waals surface area contributed by atoms with E-state index in [1.54, 1.807) is 11.3 Å². The molecule has 0 saturated carbocycles. The van der Waals surface area contributed by atoms with Gasteiger partial charge in [-0.25, -0.2) is 0 Å². The van der Waals surface area contributed by atoms with E-state index in [9.17, 15) is 24.0 Å². The Kier molecular flexibility index (Phi) is 14.5. The van der Waals surface area contributed by atoms with Crippen molar-refractivity contribution in [3.05, 3.63) is 93.2 Å². The van der Waals surface area contributed by atoms with E-state index >= 15 is 0 Å². The molecule has 0 unspecified atom stereocenters. The van der Waals surface area contributed by atoms with Crippen LogP contribution in [0.1, 0.15) is 27.1 Å². The Bertz CT molecular complexity index is 1420. The van der Waals surface area contributed by atoms with Crippen LogP contribution in [0.4, 0.5) is 0 Å². The van der Waals surface area contributed by atoms with Gasteiger partial charge in [-0.15, -0.1) is 11.3 Å². The summed E-state index contributed by atoms with van der Waals surface area (Å²) in [6, 6.07) is 18.3. The zero-order valence-corrected chi connectivity index (χ0v) is 26.7. The summed E-state index contributed by atoms with van der Waals surface area (Å²) in [5, 5.41) is 14.7. The van der Waals surface area contributed by atoms with Gasteiger partial charge in [0.15, 0.2) is 0 Å². The van der Waals surface area contributed by atoms with Crippen LogP contribution in [0.15, 0.2) is 66.0 Å². The number of ether oxygens (including phenoxy) is 1. The number of nitrogens with one attached hydrogen (secondary N) is 5. The number of carbonyl (C=O) groups excluding carboxylic acids is 5. The zero-order valence-electron chi connectivity index (χ0n) is 24.3. The molecular formula is C31H36BrN5O6S. The predicted molar refractivity (Wildman–Crippen MR) is 171 cm³/mol. The molecule has 5 N–H and O–H groups in total. The third-order valence-corrected chi connectivity index (χ3v) is 7.62. The molecule has 0 saturated heterocycles. The highest BCUT2D eigenvalue weighted by molar-refractivity contribution is 9.09. The molecule has 13 heteroatoms. The van der Waals surface area contributed by atoms with Gasteiger partial charge in [-0.3, -0.25) is 24.0 Å². The zero-order chi connectivity index (χ0) is 31.7. The van der Waals surface area contributed by atoms with Gasteiger partial charge in [0.25, 0.3) is 0 Å². The van der Waals surface area contributed by atoms with Crippen molar-refractivity contribution < 1.29 is 28.7 Å². The van der Waals surface area contributed by atoms with Gasteiger partial charge in [0.2, 0.25) is 29.5 Å². The first-order valence-electron chi connectivity index (χ1n) is 13.9. The van der Waals surface area contributed by atoms with Crippen LogP contribution in [0.3, 0.4) is 0 Å². The molecule has 0 aliphatic rings. The molecule has 1 atom stereocenters. The van der Waals surface area contributed by atoms with Crippen molar-refractivity contribution in [2.24, 2.45) is 0 Å².